The topological polar surface area (TPSA) is 103 Å². The number of nitrogen functional groups attached to an aromatic ring is 1. The summed E-state index contributed by atoms with van der Waals surface area (Å²) in [5.74, 6) is 0.445. The van der Waals surface area contributed by atoms with Crippen molar-refractivity contribution in [1.29, 1.82) is 5.26 Å². The lowest BCUT2D eigenvalue weighted by molar-refractivity contribution is 0.293. The van der Waals surface area contributed by atoms with Gasteiger partial charge in [0.1, 0.15) is 12.7 Å². The van der Waals surface area contributed by atoms with Crippen molar-refractivity contribution in [3.8, 4) is 17.8 Å². The monoisotopic (exact) mass is 342 g/mol. The quantitative estimate of drug-likeness (QED) is 0.612. The number of benzene rings is 2. The molecule has 0 saturated heterocycles. The second-order valence-electron chi connectivity index (χ2n) is 5.62. The molecule has 0 aliphatic heterocycles. The molecule has 2 N–H and O–H groups in total. The summed E-state index contributed by atoms with van der Waals surface area (Å²) in [6.45, 7) is 0.258. The molecule has 7 nitrogen and oxygen atoms in total. The summed E-state index contributed by atoms with van der Waals surface area (Å²) in [7, 11) is 0. The maximum absolute atomic E-state index is 9.54. The number of fused-ring (bicyclic) bond motifs is 1. The Labute approximate surface area is 149 Å². The lowest BCUT2D eigenvalue weighted by Crippen LogP contribution is -2.10. The Morgan fingerprint density at radius 3 is 2.69 bits per heavy atom. The first-order valence-corrected chi connectivity index (χ1v) is 7.93. The van der Waals surface area contributed by atoms with E-state index in [1.54, 1.807) is 18.5 Å². The van der Waals surface area contributed by atoms with Gasteiger partial charge < -0.3 is 10.5 Å². The third-order valence-electron chi connectivity index (χ3n) is 3.90. The highest BCUT2D eigenvalue weighted by molar-refractivity contribution is 5.82. The lowest BCUT2D eigenvalue weighted by atomic mass is 10.1. The second-order valence-corrected chi connectivity index (χ2v) is 5.62. The van der Waals surface area contributed by atoms with Crippen LogP contribution in [0.5, 0.6) is 5.88 Å². The molecule has 4 aromatic rings. The summed E-state index contributed by atoms with van der Waals surface area (Å²) in [4.78, 5) is 8.18. The zero-order valence-corrected chi connectivity index (χ0v) is 13.7. The number of hydrogen-bond donors (Lipinski definition) is 1. The van der Waals surface area contributed by atoms with Crippen molar-refractivity contribution < 1.29 is 4.74 Å². The van der Waals surface area contributed by atoms with Crippen LogP contribution >= 0.6 is 0 Å². The van der Waals surface area contributed by atoms with Crippen molar-refractivity contribution in [2.45, 2.75) is 6.61 Å². The van der Waals surface area contributed by atoms with Gasteiger partial charge in [-0.3, -0.25) is 0 Å². The molecule has 2 aromatic carbocycles. The Morgan fingerprint density at radius 1 is 1.08 bits per heavy atom. The highest BCUT2D eigenvalue weighted by Crippen LogP contribution is 2.23. The minimum absolute atomic E-state index is 0.0167. The van der Waals surface area contributed by atoms with Crippen molar-refractivity contribution >= 4 is 16.7 Å². The first-order valence-electron chi connectivity index (χ1n) is 7.93. The van der Waals surface area contributed by atoms with Gasteiger partial charge in [0.05, 0.1) is 0 Å². The standard InChI is InChI=1S/C19H14N6O/c20-11-16-17(25-9-3-8-22-25)23-19(21)24-18(16)26-12-13-6-7-14-4-1-2-5-15(14)10-13/h1-10H,12H2,(H2,21,23,24). The molecule has 7 heteroatoms. The van der Waals surface area contributed by atoms with Crippen LogP contribution in [0.25, 0.3) is 16.6 Å². The molecule has 0 spiro atoms. The smallest absolute Gasteiger partial charge is 0.239 e. The number of ether oxygens (including phenoxy) is 1. The molecule has 0 bridgehead atoms. The SMILES string of the molecule is N#Cc1c(OCc2ccc3ccccc3c2)nc(N)nc1-n1cccn1. The van der Waals surface area contributed by atoms with E-state index in [-0.39, 0.29) is 24.0 Å². The number of aromatic nitrogens is 4. The van der Waals surface area contributed by atoms with Gasteiger partial charge in [-0.2, -0.15) is 20.3 Å². The van der Waals surface area contributed by atoms with E-state index < -0.39 is 0 Å². The number of rotatable bonds is 4. The van der Waals surface area contributed by atoms with Crippen LogP contribution in [0.3, 0.4) is 0 Å². The van der Waals surface area contributed by atoms with E-state index >= 15 is 0 Å². The fourth-order valence-corrected chi connectivity index (χ4v) is 2.69. The summed E-state index contributed by atoms with van der Waals surface area (Å²) in [6, 6.07) is 17.9. The van der Waals surface area contributed by atoms with Gasteiger partial charge in [-0.05, 0) is 28.5 Å². The number of anilines is 1. The molecule has 0 radical (unpaired) electrons. The predicted octanol–water partition coefficient (Wildman–Crippen LogP) is 2.85. The zero-order chi connectivity index (χ0) is 17.9. The summed E-state index contributed by atoms with van der Waals surface area (Å²) >= 11 is 0. The first kappa shape index (κ1) is 15.6. The van der Waals surface area contributed by atoms with E-state index in [9.17, 15) is 5.26 Å². The average molecular weight is 342 g/mol. The van der Waals surface area contributed by atoms with Crippen LogP contribution < -0.4 is 10.5 Å². The molecule has 26 heavy (non-hydrogen) atoms. The molecule has 126 valence electrons. The maximum atomic E-state index is 9.54. The van der Waals surface area contributed by atoms with E-state index in [0.29, 0.717) is 5.82 Å². The van der Waals surface area contributed by atoms with Gasteiger partial charge in [0.2, 0.25) is 11.8 Å². The van der Waals surface area contributed by atoms with Gasteiger partial charge in [-0.1, -0.05) is 36.4 Å². The zero-order valence-electron chi connectivity index (χ0n) is 13.7. The van der Waals surface area contributed by atoms with Crippen LogP contribution in [0, 0.1) is 11.3 Å². The van der Waals surface area contributed by atoms with Crippen molar-refractivity contribution in [3.63, 3.8) is 0 Å². The summed E-state index contributed by atoms with van der Waals surface area (Å²) in [5.41, 5.74) is 6.93. The Morgan fingerprint density at radius 2 is 1.92 bits per heavy atom. The summed E-state index contributed by atoms with van der Waals surface area (Å²) in [6.07, 6.45) is 3.27. The number of nitrogens with zero attached hydrogens (tertiary/aromatic N) is 5. The van der Waals surface area contributed by atoms with E-state index in [4.69, 9.17) is 10.5 Å². The highest BCUT2D eigenvalue weighted by Gasteiger charge is 2.17. The largest absolute Gasteiger partial charge is 0.472 e. The maximum Gasteiger partial charge on any atom is 0.239 e. The van der Waals surface area contributed by atoms with Gasteiger partial charge in [0.25, 0.3) is 0 Å². The van der Waals surface area contributed by atoms with Crippen molar-refractivity contribution in [2.24, 2.45) is 0 Å². The third kappa shape index (κ3) is 2.91. The molecular formula is C19H14N6O. The Hall–Kier alpha value is -3.92. The molecular weight excluding hydrogens is 328 g/mol. The molecule has 0 atom stereocenters. The third-order valence-corrected chi connectivity index (χ3v) is 3.90. The van der Waals surface area contributed by atoms with Crippen molar-refractivity contribution in [3.05, 3.63) is 72.1 Å². The fraction of sp³-hybridized carbons (Fsp3) is 0.0526. The van der Waals surface area contributed by atoms with Gasteiger partial charge in [-0.25, -0.2) is 4.68 Å². The Bertz CT molecular complexity index is 1110. The normalized spacial score (nSPS) is 10.6. The second kappa shape index (κ2) is 6.53. The van der Waals surface area contributed by atoms with Crippen molar-refractivity contribution in [2.75, 3.05) is 5.73 Å². The first-order chi connectivity index (χ1) is 12.7. The van der Waals surface area contributed by atoms with Gasteiger partial charge >= 0.3 is 0 Å². The van der Waals surface area contributed by atoms with Gasteiger partial charge in [0, 0.05) is 12.4 Å². The van der Waals surface area contributed by atoms with Crippen LogP contribution in [-0.2, 0) is 6.61 Å². The Kier molecular flexibility index (Phi) is 3.92. The average Bonchev–Trinajstić information content (AvgIpc) is 3.20. The molecule has 0 amide bonds. The minimum Gasteiger partial charge on any atom is -0.472 e. The van der Waals surface area contributed by atoms with Crippen LogP contribution in [0.1, 0.15) is 11.1 Å². The summed E-state index contributed by atoms with van der Waals surface area (Å²) in [5, 5.41) is 15.9. The number of nitriles is 1. The molecule has 0 aliphatic carbocycles. The molecule has 0 fully saturated rings. The Balaban J connectivity index is 1.66. The molecule has 0 saturated carbocycles. The van der Waals surface area contributed by atoms with Crippen LogP contribution in [0.2, 0.25) is 0 Å². The molecule has 4 rings (SSSR count). The molecule has 2 heterocycles. The van der Waals surface area contributed by atoms with Gasteiger partial charge in [0.15, 0.2) is 11.4 Å². The van der Waals surface area contributed by atoms with E-state index in [2.05, 4.69) is 27.2 Å². The number of nitrogens with two attached hydrogens (primary N) is 1. The van der Waals surface area contributed by atoms with Gasteiger partial charge in [-0.15, -0.1) is 0 Å². The summed E-state index contributed by atoms with van der Waals surface area (Å²) < 4.78 is 7.25. The van der Waals surface area contributed by atoms with Crippen LogP contribution in [0.4, 0.5) is 5.95 Å². The van der Waals surface area contributed by atoms with Crippen molar-refractivity contribution in [1.82, 2.24) is 19.7 Å². The molecule has 2 aromatic heterocycles. The molecule has 0 unspecified atom stereocenters. The van der Waals surface area contributed by atoms with E-state index in [0.717, 1.165) is 16.3 Å². The molecule has 0 aliphatic rings. The highest BCUT2D eigenvalue weighted by atomic mass is 16.5. The predicted molar refractivity (Wildman–Crippen MR) is 96.6 cm³/mol. The van der Waals surface area contributed by atoms with Crippen LogP contribution in [-0.4, -0.2) is 19.7 Å². The lowest BCUT2D eigenvalue weighted by Gasteiger charge is -2.11. The fourth-order valence-electron chi connectivity index (χ4n) is 2.69. The number of hydrogen-bond acceptors (Lipinski definition) is 6. The van der Waals surface area contributed by atoms with Crippen LogP contribution in [0.15, 0.2) is 60.9 Å². The minimum atomic E-state index is 0.0167. The van der Waals surface area contributed by atoms with E-state index in [1.807, 2.05) is 36.4 Å². The van der Waals surface area contributed by atoms with E-state index in [1.165, 1.54) is 4.68 Å².